The predicted molar refractivity (Wildman–Crippen MR) is 57.8 cm³/mol. The van der Waals surface area contributed by atoms with E-state index in [1.165, 1.54) is 0 Å². The van der Waals surface area contributed by atoms with Crippen LogP contribution in [0.3, 0.4) is 0 Å². The smallest absolute Gasteiger partial charge is 0.182 e. The van der Waals surface area contributed by atoms with Gasteiger partial charge in [0.05, 0.1) is 6.61 Å². The van der Waals surface area contributed by atoms with Gasteiger partial charge in [0.1, 0.15) is 5.82 Å². The van der Waals surface area contributed by atoms with Gasteiger partial charge in [0.2, 0.25) is 0 Å². The zero-order chi connectivity index (χ0) is 10.8. The second-order valence-corrected chi connectivity index (χ2v) is 3.85. The van der Waals surface area contributed by atoms with Crippen LogP contribution in [0.1, 0.15) is 18.2 Å². The highest BCUT2D eigenvalue weighted by Crippen LogP contribution is 2.23. The summed E-state index contributed by atoms with van der Waals surface area (Å²) in [6.07, 6.45) is 4.52. The van der Waals surface area contributed by atoms with E-state index in [0.29, 0.717) is 11.7 Å². The first-order valence-corrected chi connectivity index (χ1v) is 5.34. The standard InChI is InChI=1S/C11H12N4O/c1-2-8(6-12-4-1)10-13-11(15-14-10)9-3-5-16-7-9/h1-2,4,6,9H,3,5,7H2,(H,13,14,15). The van der Waals surface area contributed by atoms with Gasteiger partial charge in [0.15, 0.2) is 5.82 Å². The third kappa shape index (κ3) is 1.69. The lowest BCUT2D eigenvalue weighted by molar-refractivity contribution is 0.193. The molecule has 0 saturated carbocycles. The van der Waals surface area contributed by atoms with Crippen molar-refractivity contribution in [2.45, 2.75) is 12.3 Å². The van der Waals surface area contributed by atoms with Crippen molar-refractivity contribution in [2.24, 2.45) is 0 Å². The molecular formula is C11H12N4O. The van der Waals surface area contributed by atoms with E-state index in [4.69, 9.17) is 4.74 Å². The summed E-state index contributed by atoms with van der Waals surface area (Å²) in [7, 11) is 0. The monoisotopic (exact) mass is 216 g/mol. The molecule has 2 aromatic rings. The summed E-state index contributed by atoms with van der Waals surface area (Å²) in [5.41, 5.74) is 0.934. The summed E-state index contributed by atoms with van der Waals surface area (Å²) < 4.78 is 5.33. The maximum atomic E-state index is 5.33. The molecule has 3 heterocycles. The third-order valence-corrected chi connectivity index (χ3v) is 2.74. The molecule has 1 saturated heterocycles. The number of ether oxygens (including phenoxy) is 1. The average molecular weight is 216 g/mol. The van der Waals surface area contributed by atoms with Crippen LogP contribution in [0.15, 0.2) is 24.5 Å². The van der Waals surface area contributed by atoms with Crippen LogP contribution in [-0.4, -0.2) is 33.4 Å². The Morgan fingerprint density at radius 1 is 1.44 bits per heavy atom. The topological polar surface area (TPSA) is 63.7 Å². The SMILES string of the molecule is c1cncc(-c2n[nH]c(C3CCOC3)n2)c1. The third-order valence-electron chi connectivity index (χ3n) is 2.74. The van der Waals surface area contributed by atoms with Crippen molar-refractivity contribution in [3.8, 4) is 11.4 Å². The minimum Gasteiger partial charge on any atom is -0.381 e. The fourth-order valence-electron chi connectivity index (χ4n) is 1.83. The van der Waals surface area contributed by atoms with E-state index in [2.05, 4.69) is 20.2 Å². The minimum absolute atomic E-state index is 0.359. The Morgan fingerprint density at radius 3 is 3.19 bits per heavy atom. The summed E-state index contributed by atoms with van der Waals surface area (Å²) in [5.74, 6) is 1.98. The lowest BCUT2D eigenvalue weighted by atomic mass is 10.1. The van der Waals surface area contributed by atoms with E-state index >= 15 is 0 Å². The van der Waals surface area contributed by atoms with Crippen LogP contribution in [0.2, 0.25) is 0 Å². The number of rotatable bonds is 2. The maximum Gasteiger partial charge on any atom is 0.182 e. The molecule has 0 bridgehead atoms. The largest absolute Gasteiger partial charge is 0.381 e. The Balaban J connectivity index is 1.87. The van der Waals surface area contributed by atoms with Crippen molar-refractivity contribution < 1.29 is 4.74 Å². The molecule has 5 nitrogen and oxygen atoms in total. The highest BCUT2D eigenvalue weighted by Gasteiger charge is 2.21. The van der Waals surface area contributed by atoms with Gasteiger partial charge >= 0.3 is 0 Å². The summed E-state index contributed by atoms with van der Waals surface area (Å²) in [4.78, 5) is 8.53. The number of aromatic nitrogens is 4. The second kappa shape index (κ2) is 4.02. The van der Waals surface area contributed by atoms with Crippen molar-refractivity contribution in [3.63, 3.8) is 0 Å². The Labute approximate surface area is 92.9 Å². The molecule has 0 amide bonds. The first-order valence-electron chi connectivity index (χ1n) is 5.34. The normalized spacial score (nSPS) is 20.1. The van der Waals surface area contributed by atoms with Crippen molar-refractivity contribution in [1.29, 1.82) is 0 Å². The molecule has 0 spiro atoms. The number of hydrogen-bond acceptors (Lipinski definition) is 4. The predicted octanol–water partition coefficient (Wildman–Crippen LogP) is 1.37. The van der Waals surface area contributed by atoms with Crippen molar-refractivity contribution >= 4 is 0 Å². The minimum atomic E-state index is 0.359. The zero-order valence-electron chi connectivity index (χ0n) is 8.76. The summed E-state index contributed by atoms with van der Waals surface area (Å²) in [5, 5.41) is 7.18. The van der Waals surface area contributed by atoms with Crippen molar-refractivity contribution in [3.05, 3.63) is 30.4 Å². The molecule has 2 aromatic heterocycles. The van der Waals surface area contributed by atoms with Gasteiger partial charge in [-0.15, -0.1) is 0 Å². The number of nitrogens with zero attached hydrogens (tertiary/aromatic N) is 3. The Kier molecular flexibility index (Phi) is 2.38. The van der Waals surface area contributed by atoms with Crippen molar-refractivity contribution in [1.82, 2.24) is 20.2 Å². The quantitative estimate of drug-likeness (QED) is 0.823. The van der Waals surface area contributed by atoms with E-state index in [9.17, 15) is 0 Å². The Morgan fingerprint density at radius 2 is 2.44 bits per heavy atom. The molecule has 0 aromatic carbocycles. The Bertz CT molecular complexity index is 462. The molecule has 3 rings (SSSR count). The van der Waals surface area contributed by atoms with Crippen LogP contribution < -0.4 is 0 Å². The van der Waals surface area contributed by atoms with Crippen LogP contribution in [-0.2, 0) is 4.74 Å². The number of nitrogens with one attached hydrogen (secondary N) is 1. The van der Waals surface area contributed by atoms with Gasteiger partial charge in [0, 0.05) is 30.5 Å². The first kappa shape index (κ1) is 9.47. The molecule has 82 valence electrons. The molecule has 1 N–H and O–H groups in total. The molecule has 16 heavy (non-hydrogen) atoms. The second-order valence-electron chi connectivity index (χ2n) is 3.85. The maximum absolute atomic E-state index is 5.33. The zero-order valence-corrected chi connectivity index (χ0v) is 8.76. The molecule has 1 fully saturated rings. The average Bonchev–Trinajstić information content (AvgIpc) is 3.01. The van der Waals surface area contributed by atoms with E-state index in [-0.39, 0.29) is 0 Å². The number of aromatic amines is 1. The number of H-pyrrole nitrogens is 1. The fourth-order valence-corrected chi connectivity index (χ4v) is 1.83. The first-order chi connectivity index (χ1) is 7.93. The van der Waals surface area contributed by atoms with Crippen LogP contribution in [0.25, 0.3) is 11.4 Å². The van der Waals surface area contributed by atoms with Gasteiger partial charge in [-0.25, -0.2) is 4.98 Å². The van der Waals surface area contributed by atoms with Crippen LogP contribution in [0, 0.1) is 0 Å². The van der Waals surface area contributed by atoms with E-state index in [0.717, 1.165) is 31.0 Å². The highest BCUT2D eigenvalue weighted by atomic mass is 16.5. The molecule has 0 radical (unpaired) electrons. The van der Waals surface area contributed by atoms with E-state index < -0.39 is 0 Å². The molecule has 1 atom stereocenters. The van der Waals surface area contributed by atoms with Gasteiger partial charge in [-0.2, -0.15) is 5.10 Å². The van der Waals surface area contributed by atoms with E-state index in [1.807, 2.05) is 12.1 Å². The van der Waals surface area contributed by atoms with Crippen LogP contribution >= 0.6 is 0 Å². The van der Waals surface area contributed by atoms with Gasteiger partial charge in [-0.05, 0) is 18.6 Å². The van der Waals surface area contributed by atoms with Gasteiger partial charge in [-0.3, -0.25) is 10.1 Å². The van der Waals surface area contributed by atoms with Gasteiger partial charge < -0.3 is 4.74 Å². The fraction of sp³-hybridized carbons (Fsp3) is 0.364. The number of hydrogen-bond donors (Lipinski definition) is 1. The summed E-state index contributed by atoms with van der Waals surface area (Å²) in [6, 6.07) is 3.83. The highest BCUT2D eigenvalue weighted by molar-refractivity contribution is 5.52. The van der Waals surface area contributed by atoms with Gasteiger partial charge in [0.25, 0.3) is 0 Å². The van der Waals surface area contributed by atoms with E-state index in [1.54, 1.807) is 12.4 Å². The summed E-state index contributed by atoms with van der Waals surface area (Å²) >= 11 is 0. The molecule has 1 aliphatic rings. The number of pyridine rings is 1. The van der Waals surface area contributed by atoms with Crippen LogP contribution in [0.5, 0.6) is 0 Å². The molecular weight excluding hydrogens is 204 g/mol. The molecule has 0 aliphatic carbocycles. The lowest BCUT2D eigenvalue weighted by Crippen LogP contribution is -1.99. The van der Waals surface area contributed by atoms with Crippen molar-refractivity contribution in [2.75, 3.05) is 13.2 Å². The summed E-state index contributed by atoms with van der Waals surface area (Å²) in [6.45, 7) is 1.55. The molecule has 5 heteroatoms. The molecule has 1 unspecified atom stereocenters. The molecule has 1 aliphatic heterocycles. The van der Waals surface area contributed by atoms with Gasteiger partial charge in [-0.1, -0.05) is 0 Å². The Hall–Kier alpha value is -1.75. The van der Waals surface area contributed by atoms with Crippen LogP contribution in [0.4, 0.5) is 0 Å². The lowest BCUT2D eigenvalue weighted by Gasteiger charge is -1.99.